The van der Waals surface area contributed by atoms with Crippen LogP contribution in [0.5, 0.6) is 17.2 Å². The molecule has 5 rings (SSSR count). The zero-order valence-corrected chi connectivity index (χ0v) is 24.5. The highest BCUT2D eigenvalue weighted by Gasteiger charge is 2.32. The minimum atomic E-state index is -0.176. The van der Waals surface area contributed by atoms with Gasteiger partial charge in [-0.1, -0.05) is 24.3 Å². The smallest absolute Gasteiger partial charge is 0.234 e. The van der Waals surface area contributed by atoms with Gasteiger partial charge in [-0.2, -0.15) is 0 Å². The number of rotatable bonds is 7. The fraction of sp³-hybridized carbons (Fsp3) is 0.438. The van der Waals surface area contributed by atoms with E-state index in [4.69, 9.17) is 24.7 Å². The number of methoxy groups -OCH3 is 2. The van der Waals surface area contributed by atoms with Gasteiger partial charge in [0.05, 0.1) is 32.4 Å². The van der Waals surface area contributed by atoms with Crippen LogP contribution in [0.3, 0.4) is 0 Å². The van der Waals surface area contributed by atoms with E-state index in [1.165, 1.54) is 0 Å². The summed E-state index contributed by atoms with van der Waals surface area (Å²) in [5.41, 5.74) is 9.13. The number of hydrogen-bond acceptors (Lipinski definition) is 9. The van der Waals surface area contributed by atoms with Crippen molar-refractivity contribution >= 4 is 11.7 Å². The molecule has 0 spiro atoms. The van der Waals surface area contributed by atoms with E-state index >= 15 is 0 Å². The van der Waals surface area contributed by atoms with Crippen LogP contribution in [0.25, 0.3) is 0 Å². The second-order valence-electron chi connectivity index (χ2n) is 10.9. The van der Waals surface area contributed by atoms with Crippen molar-refractivity contribution in [1.29, 1.82) is 0 Å². The molecule has 3 aromatic rings. The lowest BCUT2D eigenvalue weighted by Gasteiger charge is -2.39. The monoisotopic (exact) mass is 575 g/mol. The average Bonchev–Trinajstić information content (AvgIpc) is 2.98. The van der Waals surface area contributed by atoms with Crippen molar-refractivity contribution < 1.29 is 23.7 Å². The van der Waals surface area contributed by atoms with Crippen LogP contribution in [-0.2, 0) is 34.0 Å². The third kappa shape index (κ3) is 7.98. The molecule has 2 aliphatic rings. The van der Waals surface area contributed by atoms with E-state index in [1.807, 2.05) is 54.6 Å². The van der Waals surface area contributed by atoms with Gasteiger partial charge >= 0.3 is 0 Å². The molecule has 2 atom stereocenters. The lowest BCUT2D eigenvalue weighted by Crippen LogP contribution is -2.57. The number of likely N-dealkylation sites (tertiary alicyclic amines) is 1. The summed E-state index contributed by atoms with van der Waals surface area (Å²) in [7, 11) is 3.32. The summed E-state index contributed by atoms with van der Waals surface area (Å²) in [4.78, 5) is 22.2. The topological polar surface area (TPSA) is 111 Å². The van der Waals surface area contributed by atoms with Gasteiger partial charge in [-0.15, -0.1) is 0 Å². The molecular weight excluding hydrogens is 534 g/mol. The number of benzene rings is 2. The van der Waals surface area contributed by atoms with E-state index in [9.17, 15) is 4.79 Å². The van der Waals surface area contributed by atoms with E-state index in [1.54, 1.807) is 20.4 Å². The summed E-state index contributed by atoms with van der Waals surface area (Å²) in [5.74, 6) is 2.49. The lowest BCUT2D eigenvalue weighted by molar-refractivity contribution is -0.125. The second-order valence-corrected chi connectivity index (χ2v) is 10.9. The molecule has 1 amide bonds. The SMILES string of the molecule is COCCCN1CC(=O)N[C@H]2CN(Cc3cccnc3N)CC[C@H]2OCc2cccc(c2)Oc2cc(ccc2OC)C1. The first kappa shape index (κ1) is 29.8. The first-order chi connectivity index (χ1) is 20.5. The number of fused-ring (bicyclic) bond motifs is 5. The molecule has 4 bridgehead atoms. The highest BCUT2D eigenvalue weighted by Crippen LogP contribution is 2.33. The number of nitrogen functional groups attached to an aromatic ring is 1. The number of piperidine rings is 1. The van der Waals surface area contributed by atoms with E-state index in [0.29, 0.717) is 62.5 Å². The summed E-state index contributed by atoms with van der Waals surface area (Å²) < 4.78 is 23.6. The number of ether oxygens (including phenoxy) is 4. The van der Waals surface area contributed by atoms with Gasteiger partial charge in [0, 0.05) is 58.2 Å². The van der Waals surface area contributed by atoms with Crippen molar-refractivity contribution in [3.8, 4) is 17.2 Å². The molecule has 1 aromatic heterocycles. The highest BCUT2D eigenvalue weighted by molar-refractivity contribution is 5.78. The third-order valence-corrected chi connectivity index (χ3v) is 7.71. The van der Waals surface area contributed by atoms with Gasteiger partial charge in [0.2, 0.25) is 5.91 Å². The molecule has 0 radical (unpaired) electrons. The largest absolute Gasteiger partial charge is 0.493 e. The third-order valence-electron chi connectivity index (χ3n) is 7.71. The average molecular weight is 576 g/mol. The zero-order valence-electron chi connectivity index (χ0n) is 24.5. The maximum absolute atomic E-state index is 13.5. The molecule has 3 N–H and O–H groups in total. The Labute approximate surface area is 247 Å². The second kappa shape index (κ2) is 14.5. The molecule has 1 fully saturated rings. The van der Waals surface area contributed by atoms with Crippen molar-refractivity contribution in [2.24, 2.45) is 0 Å². The number of aromatic nitrogens is 1. The van der Waals surface area contributed by atoms with Crippen molar-refractivity contribution in [2.75, 3.05) is 52.7 Å². The number of carbonyl (C=O) groups excluding carboxylic acids is 1. The molecule has 3 heterocycles. The van der Waals surface area contributed by atoms with Crippen molar-refractivity contribution in [1.82, 2.24) is 20.1 Å². The van der Waals surface area contributed by atoms with Crippen molar-refractivity contribution in [3.05, 3.63) is 77.5 Å². The number of nitrogens with zero attached hydrogens (tertiary/aromatic N) is 3. The molecular formula is C32H41N5O5. The van der Waals surface area contributed by atoms with Crippen LogP contribution in [0.15, 0.2) is 60.8 Å². The Morgan fingerprint density at radius 1 is 1.07 bits per heavy atom. The van der Waals surface area contributed by atoms with E-state index in [0.717, 1.165) is 36.1 Å². The Morgan fingerprint density at radius 2 is 1.98 bits per heavy atom. The maximum Gasteiger partial charge on any atom is 0.234 e. The number of anilines is 1. The Kier molecular flexibility index (Phi) is 10.3. The molecule has 10 heteroatoms. The minimum Gasteiger partial charge on any atom is -0.493 e. The minimum absolute atomic E-state index is 0.0344. The summed E-state index contributed by atoms with van der Waals surface area (Å²) >= 11 is 0. The fourth-order valence-electron chi connectivity index (χ4n) is 5.59. The van der Waals surface area contributed by atoms with Crippen LogP contribution in [0, 0.1) is 0 Å². The number of pyridine rings is 1. The van der Waals surface area contributed by atoms with Gasteiger partial charge in [0.25, 0.3) is 0 Å². The maximum atomic E-state index is 13.5. The molecule has 1 saturated heterocycles. The van der Waals surface area contributed by atoms with Crippen LogP contribution in [-0.4, -0.2) is 79.8 Å². The number of hydrogen-bond donors (Lipinski definition) is 2. The first-order valence-corrected chi connectivity index (χ1v) is 14.5. The Hall–Kier alpha value is -3.70. The molecule has 10 nitrogen and oxygen atoms in total. The molecule has 42 heavy (non-hydrogen) atoms. The number of nitrogens with two attached hydrogens (primary N) is 1. The normalized spacial score (nSPS) is 20.3. The fourth-order valence-corrected chi connectivity index (χ4v) is 5.59. The predicted molar refractivity (Wildman–Crippen MR) is 160 cm³/mol. The Morgan fingerprint density at radius 3 is 2.81 bits per heavy atom. The summed E-state index contributed by atoms with van der Waals surface area (Å²) in [6, 6.07) is 17.5. The van der Waals surface area contributed by atoms with E-state index in [2.05, 4.69) is 20.1 Å². The van der Waals surface area contributed by atoms with Crippen LogP contribution in [0.4, 0.5) is 5.82 Å². The molecule has 2 aromatic carbocycles. The quantitative estimate of drug-likeness (QED) is 0.408. The molecule has 2 aliphatic heterocycles. The zero-order chi connectivity index (χ0) is 29.3. The van der Waals surface area contributed by atoms with Gasteiger partial charge in [-0.3, -0.25) is 14.6 Å². The van der Waals surface area contributed by atoms with Crippen molar-refractivity contribution in [2.45, 2.75) is 44.7 Å². The first-order valence-electron chi connectivity index (χ1n) is 14.5. The molecule has 0 aliphatic carbocycles. The number of carbonyl (C=O) groups is 1. The lowest BCUT2D eigenvalue weighted by atomic mass is 10.0. The van der Waals surface area contributed by atoms with Gasteiger partial charge in [-0.25, -0.2) is 4.98 Å². The molecule has 0 saturated carbocycles. The van der Waals surface area contributed by atoms with E-state index in [-0.39, 0.29) is 24.6 Å². The molecule has 224 valence electrons. The summed E-state index contributed by atoms with van der Waals surface area (Å²) in [6.45, 7) is 4.72. The van der Waals surface area contributed by atoms with Crippen molar-refractivity contribution in [3.63, 3.8) is 0 Å². The van der Waals surface area contributed by atoms with E-state index < -0.39 is 0 Å². The number of nitrogens with one attached hydrogen (secondary N) is 1. The summed E-state index contributed by atoms with van der Waals surface area (Å²) in [5, 5.41) is 3.31. The Balaban J connectivity index is 1.40. The van der Waals surface area contributed by atoms with Crippen LogP contribution < -0.4 is 20.5 Å². The van der Waals surface area contributed by atoms with Gasteiger partial charge in [0.15, 0.2) is 11.5 Å². The van der Waals surface area contributed by atoms with Gasteiger partial charge in [-0.05, 0) is 54.3 Å². The molecule has 0 unspecified atom stereocenters. The van der Waals surface area contributed by atoms with Crippen LogP contribution in [0.2, 0.25) is 0 Å². The standard InChI is InChI=1S/C32H41N5O5/c1-39-15-5-13-36-18-23-9-10-29(40-2)30(17-23)42-26-8-3-6-24(16-26)22-41-28-11-14-37(20-27(28)35-31(38)21-36)19-25-7-4-12-34-32(25)33/h3-4,6-10,12,16-17,27-28H,5,11,13-15,18-22H2,1-2H3,(H2,33,34)(H,35,38)/t27-,28+/m0/s1. The van der Waals surface area contributed by atoms with Crippen LogP contribution >= 0.6 is 0 Å². The number of amides is 1. The summed E-state index contributed by atoms with van der Waals surface area (Å²) in [6.07, 6.45) is 3.15. The predicted octanol–water partition coefficient (Wildman–Crippen LogP) is 3.59. The Bertz CT molecular complexity index is 1340. The highest BCUT2D eigenvalue weighted by atomic mass is 16.5. The van der Waals surface area contributed by atoms with Crippen LogP contribution in [0.1, 0.15) is 29.5 Å². The van der Waals surface area contributed by atoms with Gasteiger partial charge in [0.1, 0.15) is 11.6 Å². The van der Waals surface area contributed by atoms with Gasteiger partial charge < -0.3 is 30.0 Å².